The first-order chi connectivity index (χ1) is 7.70. The van der Waals surface area contributed by atoms with Gasteiger partial charge in [-0.3, -0.25) is 0 Å². The predicted octanol–water partition coefficient (Wildman–Crippen LogP) is 4.18. The molecule has 1 heterocycles. The van der Waals surface area contributed by atoms with Crippen LogP contribution < -0.4 is 0 Å². The molecule has 1 N–H and O–H groups in total. The molecule has 0 saturated heterocycles. The van der Waals surface area contributed by atoms with Gasteiger partial charge in [0.1, 0.15) is 11.9 Å². The Balaban J connectivity index is 1.93. The summed E-state index contributed by atoms with van der Waals surface area (Å²) in [6, 6.07) is 3.47. The van der Waals surface area contributed by atoms with Crippen molar-refractivity contribution in [3.8, 4) is 0 Å². The van der Waals surface area contributed by atoms with Gasteiger partial charge >= 0.3 is 0 Å². The lowest BCUT2D eigenvalue weighted by Gasteiger charge is -2.30. The van der Waals surface area contributed by atoms with Crippen molar-refractivity contribution in [3.63, 3.8) is 0 Å². The van der Waals surface area contributed by atoms with Crippen LogP contribution in [0.5, 0.6) is 0 Å². The van der Waals surface area contributed by atoms with Crippen LogP contribution in [0.15, 0.2) is 16.5 Å². The van der Waals surface area contributed by atoms with Crippen molar-refractivity contribution in [2.45, 2.75) is 45.1 Å². The van der Waals surface area contributed by atoms with Gasteiger partial charge in [-0.2, -0.15) is 0 Å². The van der Waals surface area contributed by atoms with E-state index in [-0.39, 0.29) is 0 Å². The van der Waals surface area contributed by atoms with Gasteiger partial charge in [0.2, 0.25) is 0 Å². The van der Waals surface area contributed by atoms with Crippen LogP contribution in [0.1, 0.15) is 50.9 Å². The molecular weight excluding hydrogens is 224 g/mol. The second-order valence-electron chi connectivity index (χ2n) is 4.78. The molecule has 16 heavy (non-hydrogen) atoms. The van der Waals surface area contributed by atoms with E-state index < -0.39 is 6.10 Å². The fraction of sp³-hybridized carbons (Fsp3) is 0.692. The van der Waals surface area contributed by atoms with Crippen LogP contribution in [0.2, 0.25) is 5.22 Å². The number of aliphatic hydroxyl groups is 1. The molecule has 0 aliphatic heterocycles. The fourth-order valence-electron chi connectivity index (χ4n) is 2.63. The van der Waals surface area contributed by atoms with E-state index >= 15 is 0 Å². The summed E-state index contributed by atoms with van der Waals surface area (Å²) in [5.74, 6) is 1.80. The molecule has 2 nitrogen and oxygen atoms in total. The van der Waals surface area contributed by atoms with Gasteiger partial charge in [0.15, 0.2) is 5.22 Å². The highest BCUT2D eigenvalue weighted by Crippen LogP contribution is 2.38. The summed E-state index contributed by atoms with van der Waals surface area (Å²) in [4.78, 5) is 0. The van der Waals surface area contributed by atoms with Gasteiger partial charge in [-0.15, -0.1) is 0 Å². The summed E-state index contributed by atoms with van der Waals surface area (Å²) >= 11 is 5.71. The van der Waals surface area contributed by atoms with Gasteiger partial charge < -0.3 is 9.52 Å². The summed E-state index contributed by atoms with van der Waals surface area (Å²) in [6.07, 6.45) is 5.43. The number of halogens is 1. The van der Waals surface area contributed by atoms with Crippen LogP contribution in [0.3, 0.4) is 0 Å². The zero-order valence-electron chi connectivity index (χ0n) is 9.66. The molecule has 1 aromatic heterocycles. The Labute approximate surface area is 102 Å². The van der Waals surface area contributed by atoms with E-state index in [1.165, 1.54) is 19.3 Å². The Hall–Kier alpha value is -0.470. The van der Waals surface area contributed by atoms with E-state index in [0.717, 1.165) is 18.8 Å². The largest absolute Gasteiger partial charge is 0.447 e. The third kappa shape index (κ3) is 2.61. The molecule has 1 saturated carbocycles. The normalized spacial score (nSPS) is 27.9. The second kappa shape index (κ2) is 5.24. The molecule has 3 heteroatoms. The van der Waals surface area contributed by atoms with Crippen LogP contribution in [0.4, 0.5) is 0 Å². The standard InChI is InChI=1S/C13H19ClO2/c1-2-9-3-5-10(6-4-9)13(15)11-7-8-12(14)16-11/h7-10,13,15H,2-6H2,1H3. The number of hydrogen-bond acceptors (Lipinski definition) is 2. The molecule has 1 fully saturated rings. The third-order valence-electron chi connectivity index (χ3n) is 3.80. The zero-order chi connectivity index (χ0) is 11.5. The van der Waals surface area contributed by atoms with Gasteiger partial charge in [-0.25, -0.2) is 0 Å². The molecule has 1 aromatic rings. The Morgan fingerprint density at radius 2 is 2.06 bits per heavy atom. The molecule has 1 aliphatic carbocycles. The molecule has 0 amide bonds. The van der Waals surface area contributed by atoms with Gasteiger partial charge in [-0.1, -0.05) is 26.2 Å². The van der Waals surface area contributed by atoms with Crippen molar-refractivity contribution >= 4 is 11.6 Å². The lowest BCUT2D eigenvalue weighted by molar-refractivity contribution is 0.0554. The maximum atomic E-state index is 10.2. The summed E-state index contributed by atoms with van der Waals surface area (Å²) < 4.78 is 5.27. The molecule has 0 spiro atoms. The summed E-state index contributed by atoms with van der Waals surface area (Å²) in [7, 11) is 0. The number of hydrogen-bond donors (Lipinski definition) is 1. The summed E-state index contributed by atoms with van der Waals surface area (Å²) in [6.45, 7) is 2.24. The average Bonchev–Trinajstić information content (AvgIpc) is 2.75. The van der Waals surface area contributed by atoms with Crippen LogP contribution in [0, 0.1) is 11.8 Å². The van der Waals surface area contributed by atoms with E-state index in [1.807, 2.05) is 0 Å². The maximum absolute atomic E-state index is 10.2. The van der Waals surface area contributed by atoms with E-state index in [2.05, 4.69) is 6.92 Å². The molecule has 0 bridgehead atoms. The van der Waals surface area contributed by atoms with E-state index in [1.54, 1.807) is 12.1 Å². The van der Waals surface area contributed by atoms with Crippen molar-refractivity contribution in [2.75, 3.05) is 0 Å². The summed E-state index contributed by atoms with van der Waals surface area (Å²) in [5.41, 5.74) is 0. The van der Waals surface area contributed by atoms with E-state index in [9.17, 15) is 5.11 Å². The van der Waals surface area contributed by atoms with Crippen molar-refractivity contribution in [3.05, 3.63) is 23.1 Å². The molecule has 2 rings (SSSR count). The predicted molar refractivity (Wildman–Crippen MR) is 64.4 cm³/mol. The molecule has 90 valence electrons. The first-order valence-electron chi connectivity index (χ1n) is 6.14. The van der Waals surface area contributed by atoms with Gasteiger partial charge in [0, 0.05) is 0 Å². The number of aliphatic hydroxyl groups excluding tert-OH is 1. The van der Waals surface area contributed by atoms with Crippen LogP contribution in [0.25, 0.3) is 0 Å². The maximum Gasteiger partial charge on any atom is 0.193 e. The molecule has 1 atom stereocenters. The smallest absolute Gasteiger partial charge is 0.193 e. The SMILES string of the molecule is CCC1CCC(C(O)c2ccc(Cl)o2)CC1. The Bertz CT molecular complexity index is 326. The molecule has 1 unspecified atom stereocenters. The highest BCUT2D eigenvalue weighted by Gasteiger charge is 2.28. The van der Waals surface area contributed by atoms with Crippen molar-refractivity contribution in [2.24, 2.45) is 11.8 Å². The number of furan rings is 1. The van der Waals surface area contributed by atoms with Gasteiger partial charge in [-0.05, 0) is 48.4 Å². The van der Waals surface area contributed by atoms with Crippen molar-refractivity contribution in [1.82, 2.24) is 0 Å². The Kier molecular flexibility index (Phi) is 3.93. The van der Waals surface area contributed by atoms with Gasteiger partial charge in [0.05, 0.1) is 0 Å². The van der Waals surface area contributed by atoms with Crippen molar-refractivity contribution < 1.29 is 9.52 Å². The van der Waals surface area contributed by atoms with Crippen LogP contribution in [-0.4, -0.2) is 5.11 Å². The first-order valence-corrected chi connectivity index (χ1v) is 6.51. The lowest BCUT2D eigenvalue weighted by atomic mass is 9.78. The topological polar surface area (TPSA) is 33.4 Å². The second-order valence-corrected chi connectivity index (χ2v) is 5.15. The van der Waals surface area contributed by atoms with Crippen molar-refractivity contribution in [1.29, 1.82) is 0 Å². The van der Waals surface area contributed by atoms with E-state index in [4.69, 9.17) is 16.0 Å². The number of rotatable bonds is 3. The summed E-state index contributed by atoms with van der Waals surface area (Å²) in [5, 5.41) is 10.5. The van der Waals surface area contributed by atoms with Gasteiger partial charge in [0.25, 0.3) is 0 Å². The molecule has 1 aliphatic rings. The van der Waals surface area contributed by atoms with Crippen LogP contribution >= 0.6 is 11.6 Å². The monoisotopic (exact) mass is 242 g/mol. The fourth-order valence-corrected chi connectivity index (χ4v) is 2.78. The first kappa shape index (κ1) is 12.0. The van der Waals surface area contributed by atoms with E-state index in [0.29, 0.717) is 16.9 Å². The zero-order valence-corrected chi connectivity index (χ0v) is 10.4. The minimum Gasteiger partial charge on any atom is -0.447 e. The van der Waals surface area contributed by atoms with Crippen LogP contribution in [-0.2, 0) is 0 Å². The molecule has 0 aromatic carbocycles. The Morgan fingerprint density at radius 3 is 2.56 bits per heavy atom. The molecule has 0 radical (unpaired) electrons. The minimum absolute atomic E-state index is 0.338. The highest BCUT2D eigenvalue weighted by molar-refractivity contribution is 6.28. The third-order valence-corrected chi connectivity index (χ3v) is 4.00. The minimum atomic E-state index is -0.481. The highest BCUT2D eigenvalue weighted by atomic mass is 35.5. The molecular formula is C13H19ClO2. The Morgan fingerprint density at radius 1 is 1.38 bits per heavy atom. The lowest BCUT2D eigenvalue weighted by Crippen LogP contribution is -2.19. The average molecular weight is 243 g/mol. The quantitative estimate of drug-likeness (QED) is 0.863.